The minimum absolute atomic E-state index is 0.0862. The van der Waals surface area contributed by atoms with Crippen molar-refractivity contribution in [3.05, 3.63) is 54.4 Å². The smallest absolute Gasteiger partial charge is 0.233 e. The Morgan fingerprint density at radius 1 is 1.24 bits per heavy atom. The second-order valence-corrected chi connectivity index (χ2v) is 7.69. The van der Waals surface area contributed by atoms with Gasteiger partial charge < -0.3 is 9.64 Å². The molecule has 0 radical (unpaired) electrons. The van der Waals surface area contributed by atoms with Gasteiger partial charge in [0.2, 0.25) is 11.1 Å². The van der Waals surface area contributed by atoms with Gasteiger partial charge in [0, 0.05) is 18.9 Å². The molecule has 8 nitrogen and oxygen atoms in total. The van der Waals surface area contributed by atoms with E-state index in [-0.39, 0.29) is 17.7 Å². The highest BCUT2D eigenvalue weighted by molar-refractivity contribution is 7.99. The van der Waals surface area contributed by atoms with Gasteiger partial charge in [-0.3, -0.25) is 9.78 Å². The van der Waals surface area contributed by atoms with Crippen LogP contribution in [0.25, 0.3) is 5.69 Å². The van der Waals surface area contributed by atoms with E-state index in [0.717, 1.165) is 42.8 Å². The summed E-state index contributed by atoms with van der Waals surface area (Å²) in [5.41, 5.74) is 1.91. The zero-order valence-electron chi connectivity index (χ0n) is 16.1. The van der Waals surface area contributed by atoms with Crippen molar-refractivity contribution in [1.82, 2.24) is 30.1 Å². The molecule has 1 aliphatic rings. The van der Waals surface area contributed by atoms with Gasteiger partial charge in [-0.1, -0.05) is 17.8 Å². The summed E-state index contributed by atoms with van der Waals surface area (Å²) in [6, 6.07) is 11.5. The average molecular weight is 411 g/mol. The molecular weight excluding hydrogens is 388 g/mol. The standard InChI is InChI=1S/C20H22N6O2S/c1-28-17-9-7-16(8-10-17)26-20(22-23-24-26)29-14-19(27)25-12-3-2-6-18(25)15-5-4-11-21-13-15/h4-5,7-11,13,18H,2-3,6,12,14H2,1H3/t18-/m0/s1. The number of methoxy groups -OCH3 is 1. The summed E-state index contributed by atoms with van der Waals surface area (Å²) in [4.78, 5) is 19.2. The van der Waals surface area contributed by atoms with Crippen molar-refractivity contribution >= 4 is 17.7 Å². The SMILES string of the molecule is COc1ccc(-n2nnnc2SCC(=O)N2CCCC[C@H]2c2cccnc2)cc1. The molecule has 0 bridgehead atoms. The first-order chi connectivity index (χ1) is 14.3. The normalized spacial score (nSPS) is 16.6. The quantitative estimate of drug-likeness (QED) is 0.578. The van der Waals surface area contributed by atoms with Crippen molar-refractivity contribution in [2.75, 3.05) is 19.4 Å². The van der Waals surface area contributed by atoms with Crippen molar-refractivity contribution in [2.45, 2.75) is 30.5 Å². The molecule has 29 heavy (non-hydrogen) atoms. The number of hydrogen-bond donors (Lipinski definition) is 0. The van der Waals surface area contributed by atoms with E-state index in [4.69, 9.17) is 4.74 Å². The molecule has 1 amide bonds. The summed E-state index contributed by atoms with van der Waals surface area (Å²) in [5, 5.41) is 12.5. The van der Waals surface area contributed by atoms with Crippen LogP contribution >= 0.6 is 11.8 Å². The number of aromatic nitrogens is 5. The van der Waals surface area contributed by atoms with Gasteiger partial charge in [-0.05, 0) is 65.6 Å². The average Bonchev–Trinajstić information content (AvgIpc) is 3.27. The highest BCUT2D eigenvalue weighted by Gasteiger charge is 2.28. The Morgan fingerprint density at radius 2 is 2.10 bits per heavy atom. The number of tetrazole rings is 1. The minimum Gasteiger partial charge on any atom is -0.497 e. The molecular formula is C20H22N6O2S. The van der Waals surface area contributed by atoms with Gasteiger partial charge in [-0.25, -0.2) is 0 Å². The molecule has 0 N–H and O–H groups in total. The maximum absolute atomic E-state index is 13.0. The summed E-state index contributed by atoms with van der Waals surface area (Å²) in [6.45, 7) is 0.766. The molecule has 3 heterocycles. The molecule has 4 rings (SSSR count). The zero-order chi connectivity index (χ0) is 20.1. The van der Waals surface area contributed by atoms with Crippen LogP contribution in [0.2, 0.25) is 0 Å². The second kappa shape index (κ2) is 9.04. The summed E-state index contributed by atoms with van der Waals surface area (Å²) >= 11 is 1.35. The number of hydrogen-bond acceptors (Lipinski definition) is 7. The second-order valence-electron chi connectivity index (χ2n) is 6.75. The van der Waals surface area contributed by atoms with E-state index in [1.807, 2.05) is 47.5 Å². The van der Waals surface area contributed by atoms with Gasteiger partial charge in [0.15, 0.2) is 0 Å². The molecule has 0 spiro atoms. The molecule has 9 heteroatoms. The molecule has 1 fully saturated rings. The largest absolute Gasteiger partial charge is 0.497 e. The van der Waals surface area contributed by atoms with E-state index in [1.54, 1.807) is 18.0 Å². The predicted molar refractivity (Wildman–Crippen MR) is 109 cm³/mol. The van der Waals surface area contributed by atoms with E-state index in [0.29, 0.717) is 5.16 Å². The number of ether oxygens (including phenoxy) is 1. The van der Waals surface area contributed by atoms with E-state index in [2.05, 4.69) is 20.5 Å². The van der Waals surface area contributed by atoms with Crippen molar-refractivity contribution in [3.63, 3.8) is 0 Å². The molecule has 1 atom stereocenters. The Morgan fingerprint density at radius 3 is 2.86 bits per heavy atom. The van der Waals surface area contributed by atoms with Crippen LogP contribution in [0.15, 0.2) is 53.9 Å². The van der Waals surface area contributed by atoms with E-state index in [1.165, 1.54) is 11.8 Å². The van der Waals surface area contributed by atoms with Crippen LogP contribution in [-0.4, -0.2) is 55.4 Å². The van der Waals surface area contributed by atoms with Crippen molar-refractivity contribution < 1.29 is 9.53 Å². The fourth-order valence-corrected chi connectivity index (χ4v) is 4.29. The monoisotopic (exact) mass is 410 g/mol. The zero-order valence-corrected chi connectivity index (χ0v) is 17.0. The van der Waals surface area contributed by atoms with Crippen LogP contribution in [0.3, 0.4) is 0 Å². The fourth-order valence-electron chi connectivity index (χ4n) is 3.51. The highest BCUT2D eigenvalue weighted by atomic mass is 32.2. The number of amides is 1. The van der Waals surface area contributed by atoms with Crippen molar-refractivity contribution in [3.8, 4) is 11.4 Å². The maximum atomic E-state index is 13.0. The lowest BCUT2D eigenvalue weighted by atomic mass is 9.96. The van der Waals surface area contributed by atoms with Crippen LogP contribution < -0.4 is 4.74 Å². The first kappa shape index (κ1) is 19.4. The molecule has 3 aromatic rings. The number of pyridine rings is 1. The van der Waals surface area contributed by atoms with Crippen LogP contribution in [-0.2, 0) is 4.79 Å². The number of nitrogens with zero attached hydrogens (tertiary/aromatic N) is 6. The molecule has 0 saturated carbocycles. The van der Waals surface area contributed by atoms with Gasteiger partial charge >= 0.3 is 0 Å². The van der Waals surface area contributed by atoms with Crippen LogP contribution in [0.4, 0.5) is 0 Å². The number of benzene rings is 1. The number of rotatable bonds is 6. The van der Waals surface area contributed by atoms with E-state index < -0.39 is 0 Å². The van der Waals surface area contributed by atoms with Crippen LogP contribution in [0, 0.1) is 0 Å². The summed E-state index contributed by atoms with van der Waals surface area (Å²) in [5.74, 6) is 1.14. The minimum atomic E-state index is 0.0862. The molecule has 1 aliphatic heterocycles. The third-order valence-corrected chi connectivity index (χ3v) is 5.88. The fraction of sp³-hybridized carbons (Fsp3) is 0.350. The molecule has 1 aromatic carbocycles. The number of piperidine rings is 1. The summed E-state index contributed by atoms with van der Waals surface area (Å²) in [7, 11) is 1.62. The molecule has 2 aromatic heterocycles. The topological polar surface area (TPSA) is 86.0 Å². The molecule has 1 saturated heterocycles. The van der Waals surface area contributed by atoms with Gasteiger partial charge in [0.1, 0.15) is 5.75 Å². The lowest BCUT2D eigenvalue weighted by molar-refractivity contribution is -0.132. The number of carbonyl (C=O) groups is 1. The number of likely N-dealkylation sites (tertiary alicyclic amines) is 1. The first-order valence-electron chi connectivity index (χ1n) is 9.51. The van der Waals surface area contributed by atoms with Crippen molar-refractivity contribution in [2.24, 2.45) is 0 Å². The first-order valence-corrected chi connectivity index (χ1v) is 10.5. The van der Waals surface area contributed by atoms with Gasteiger partial charge in [0.05, 0.1) is 24.6 Å². The highest BCUT2D eigenvalue weighted by Crippen LogP contribution is 2.31. The van der Waals surface area contributed by atoms with Gasteiger partial charge in [-0.15, -0.1) is 5.10 Å². The maximum Gasteiger partial charge on any atom is 0.233 e. The number of carbonyl (C=O) groups excluding carboxylic acids is 1. The van der Waals surface area contributed by atoms with Gasteiger partial charge in [-0.2, -0.15) is 4.68 Å². The Kier molecular flexibility index (Phi) is 6.04. The molecule has 0 aliphatic carbocycles. The number of thioether (sulfide) groups is 1. The third-order valence-electron chi connectivity index (χ3n) is 4.97. The van der Waals surface area contributed by atoms with Crippen molar-refractivity contribution in [1.29, 1.82) is 0 Å². The Bertz CT molecular complexity index is 947. The predicted octanol–water partition coefficient (Wildman–Crippen LogP) is 2.91. The Balaban J connectivity index is 1.45. The van der Waals surface area contributed by atoms with Crippen LogP contribution in [0.1, 0.15) is 30.9 Å². The molecule has 0 unspecified atom stereocenters. The molecule has 150 valence electrons. The van der Waals surface area contributed by atoms with Crippen LogP contribution in [0.5, 0.6) is 5.75 Å². The van der Waals surface area contributed by atoms with E-state index >= 15 is 0 Å². The summed E-state index contributed by atoms with van der Waals surface area (Å²) < 4.78 is 6.82. The van der Waals surface area contributed by atoms with Gasteiger partial charge in [0.25, 0.3) is 0 Å². The lowest BCUT2D eigenvalue weighted by Gasteiger charge is -2.36. The summed E-state index contributed by atoms with van der Waals surface area (Å²) in [6.07, 6.45) is 6.72. The van der Waals surface area contributed by atoms with E-state index in [9.17, 15) is 4.79 Å². The lowest BCUT2D eigenvalue weighted by Crippen LogP contribution is -2.39. The Hall–Kier alpha value is -2.94. The Labute approximate surface area is 173 Å². The third kappa shape index (κ3) is 4.40.